The Balaban J connectivity index is 2.74. The molecule has 0 aliphatic carbocycles. The summed E-state index contributed by atoms with van der Waals surface area (Å²) in [5.41, 5.74) is 0.401. The second kappa shape index (κ2) is 6.02. The zero-order valence-corrected chi connectivity index (χ0v) is 11.8. The Labute approximate surface area is 102 Å². The summed E-state index contributed by atoms with van der Waals surface area (Å²) in [7, 11) is 0. The van der Waals surface area contributed by atoms with Crippen LogP contribution in [0.2, 0.25) is 0 Å². The third kappa shape index (κ3) is 2.78. The molecule has 0 amide bonds. The molecule has 0 bridgehead atoms. The van der Waals surface area contributed by atoms with Gasteiger partial charge in [0.2, 0.25) is 0 Å². The quantitative estimate of drug-likeness (QED) is 0.775. The van der Waals surface area contributed by atoms with Crippen LogP contribution in [0.4, 0.5) is 0 Å². The topological polar surface area (TPSA) is 15.3 Å². The first kappa shape index (κ1) is 14.0. The first-order chi connectivity index (χ1) is 7.59. The smallest absolute Gasteiger partial charge is 0.0332 e. The number of rotatable bonds is 5. The molecule has 16 heavy (non-hydrogen) atoms. The van der Waals surface area contributed by atoms with E-state index >= 15 is 0 Å². The van der Waals surface area contributed by atoms with Gasteiger partial charge in [0.05, 0.1) is 0 Å². The third-order valence-corrected chi connectivity index (χ3v) is 4.32. The van der Waals surface area contributed by atoms with E-state index in [1.54, 1.807) is 0 Å². The van der Waals surface area contributed by atoms with Crippen LogP contribution in [-0.2, 0) is 0 Å². The molecular formula is C14H30N2. The van der Waals surface area contributed by atoms with E-state index in [9.17, 15) is 0 Å². The monoisotopic (exact) mass is 226 g/mol. The largest absolute Gasteiger partial charge is 0.311 e. The molecule has 0 aromatic carbocycles. The van der Waals surface area contributed by atoms with Crippen molar-refractivity contribution in [3.63, 3.8) is 0 Å². The highest BCUT2D eigenvalue weighted by molar-refractivity contribution is 4.98. The summed E-state index contributed by atoms with van der Waals surface area (Å²) < 4.78 is 0. The van der Waals surface area contributed by atoms with E-state index in [-0.39, 0.29) is 0 Å². The average molecular weight is 226 g/mol. The van der Waals surface area contributed by atoms with Crippen molar-refractivity contribution in [2.45, 2.75) is 77.9 Å². The maximum Gasteiger partial charge on any atom is 0.0332 e. The van der Waals surface area contributed by atoms with Crippen molar-refractivity contribution in [3.8, 4) is 0 Å². The van der Waals surface area contributed by atoms with Gasteiger partial charge in [0.15, 0.2) is 0 Å². The lowest BCUT2D eigenvalue weighted by molar-refractivity contribution is 0.00486. The fourth-order valence-electron chi connectivity index (χ4n) is 3.14. The van der Waals surface area contributed by atoms with Gasteiger partial charge in [-0.2, -0.15) is 0 Å². The molecule has 1 fully saturated rings. The maximum atomic E-state index is 3.76. The number of nitrogens with one attached hydrogen (secondary N) is 1. The van der Waals surface area contributed by atoms with Crippen LogP contribution in [0, 0.1) is 0 Å². The second-order valence-electron chi connectivity index (χ2n) is 5.54. The minimum atomic E-state index is 0.401. The fraction of sp³-hybridized carbons (Fsp3) is 1.00. The lowest BCUT2D eigenvalue weighted by Crippen LogP contribution is -2.65. The van der Waals surface area contributed by atoms with Gasteiger partial charge in [-0.25, -0.2) is 0 Å². The molecule has 0 aromatic heterocycles. The minimum absolute atomic E-state index is 0.401. The van der Waals surface area contributed by atoms with Crippen LogP contribution >= 0.6 is 0 Å². The van der Waals surface area contributed by atoms with Crippen LogP contribution < -0.4 is 5.32 Å². The van der Waals surface area contributed by atoms with Crippen molar-refractivity contribution in [1.29, 1.82) is 0 Å². The Morgan fingerprint density at radius 2 is 1.88 bits per heavy atom. The molecule has 0 spiro atoms. The molecule has 1 saturated heterocycles. The van der Waals surface area contributed by atoms with Crippen molar-refractivity contribution in [1.82, 2.24) is 10.2 Å². The number of hydrogen-bond donors (Lipinski definition) is 1. The fourth-order valence-corrected chi connectivity index (χ4v) is 3.14. The maximum absolute atomic E-state index is 3.76. The van der Waals surface area contributed by atoms with E-state index in [1.165, 1.54) is 38.8 Å². The summed E-state index contributed by atoms with van der Waals surface area (Å²) in [6.45, 7) is 14.0. The SMILES string of the molecule is CCCC1CN(C(C)C)C(CC)(CC)CN1. The van der Waals surface area contributed by atoms with Crippen molar-refractivity contribution in [2.24, 2.45) is 0 Å². The van der Waals surface area contributed by atoms with Crippen LogP contribution in [0.1, 0.15) is 60.3 Å². The molecule has 2 heteroatoms. The molecule has 1 rings (SSSR count). The molecule has 1 aliphatic rings. The summed E-state index contributed by atoms with van der Waals surface area (Å²) in [6, 6.07) is 1.37. The molecular weight excluding hydrogens is 196 g/mol. The summed E-state index contributed by atoms with van der Waals surface area (Å²) in [4.78, 5) is 2.74. The average Bonchev–Trinajstić information content (AvgIpc) is 2.29. The highest BCUT2D eigenvalue weighted by atomic mass is 15.3. The predicted molar refractivity (Wildman–Crippen MR) is 71.9 cm³/mol. The van der Waals surface area contributed by atoms with Gasteiger partial charge < -0.3 is 5.32 Å². The Morgan fingerprint density at radius 1 is 1.25 bits per heavy atom. The standard InChI is InChI=1S/C14H30N2/c1-6-9-13-10-16(12(4)5)14(7-2,8-3)11-15-13/h12-13,15H,6-11H2,1-5H3. The van der Waals surface area contributed by atoms with Gasteiger partial charge >= 0.3 is 0 Å². The first-order valence-electron chi connectivity index (χ1n) is 7.09. The minimum Gasteiger partial charge on any atom is -0.311 e. The van der Waals surface area contributed by atoms with Crippen molar-refractivity contribution < 1.29 is 0 Å². The van der Waals surface area contributed by atoms with Crippen LogP contribution in [-0.4, -0.2) is 35.6 Å². The molecule has 1 aliphatic heterocycles. The van der Waals surface area contributed by atoms with Crippen LogP contribution in [0.25, 0.3) is 0 Å². The van der Waals surface area contributed by atoms with Crippen LogP contribution in [0.3, 0.4) is 0 Å². The van der Waals surface area contributed by atoms with E-state index in [1.807, 2.05) is 0 Å². The van der Waals surface area contributed by atoms with Crippen molar-refractivity contribution >= 4 is 0 Å². The van der Waals surface area contributed by atoms with E-state index < -0.39 is 0 Å². The van der Waals surface area contributed by atoms with Crippen LogP contribution in [0.15, 0.2) is 0 Å². The molecule has 1 atom stereocenters. The zero-order chi connectivity index (χ0) is 12.2. The van der Waals surface area contributed by atoms with Gasteiger partial charge in [-0.1, -0.05) is 27.2 Å². The molecule has 0 saturated carbocycles. The highest BCUT2D eigenvalue weighted by Gasteiger charge is 2.39. The number of nitrogens with zero attached hydrogens (tertiary/aromatic N) is 1. The Morgan fingerprint density at radius 3 is 2.31 bits per heavy atom. The summed E-state index contributed by atoms with van der Waals surface area (Å²) in [6.07, 6.45) is 5.11. The molecule has 0 aromatic rings. The van der Waals surface area contributed by atoms with Crippen molar-refractivity contribution in [2.75, 3.05) is 13.1 Å². The van der Waals surface area contributed by atoms with Gasteiger partial charge in [-0.05, 0) is 33.1 Å². The lowest BCUT2D eigenvalue weighted by Gasteiger charge is -2.51. The Hall–Kier alpha value is -0.0800. The summed E-state index contributed by atoms with van der Waals surface area (Å²) in [5.74, 6) is 0. The van der Waals surface area contributed by atoms with Crippen molar-refractivity contribution in [3.05, 3.63) is 0 Å². The lowest BCUT2D eigenvalue weighted by atomic mass is 9.85. The molecule has 96 valence electrons. The summed E-state index contributed by atoms with van der Waals surface area (Å²) in [5, 5.41) is 3.76. The number of piperazine rings is 1. The zero-order valence-electron chi connectivity index (χ0n) is 11.8. The van der Waals surface area contributed by atoms with Gasteiger partial charge in [-0.3, -0.25) is 4.90 Å². The first-order valence-corrected chi connectivity index (χ1v) is 7.09. The molecule has 1 unspecified atom stereocenters. The Kier molecular flexibility index (Phi) is 5.26. The van der Waals surface area contributed by atoms with Gasteiger partial charge in [-0.15, -0.1) is 0 Å². The van der Waals surface area contributed by atoms with Gasteiger partial charge in [0.25, 0.3) is 0 Å². The summed E-state index contributed by atoms with van der Waals surface area (Å²) >= 11 is 0. The predicted octanol–water partition coefficient (Wildman–Crippen LogP) is 3.03. The highest BCUT2D eigenvalue weighted by Crippen LogP contribution is 2.29. The van der Waals surface area contributed by atoms with E-state index in [0.717, 1.165) is 0 Å². The van der Waals surface area contributed by atoms with E-state index in [0.29, 0.717) is 17.6 Å². The molecule has 1 heterocycles. The Bertz CT molecular complexity index is 197. The van der Waals surface area contributed by atoms with E-state index in [4.69, 9.17) is 0 Å². The molecule has 2 nitrogen and oxygen atoms in total. The molecule has 0 radical (unpaired) electrons. The number of hydrogen-bond acceptors (Lipinski definition) is 2. The van der Waals surface area contributed by atoms with Crippen LogP contribution in [0.5, 0.6) is 0 Å². The molecule has 1 N–H and O–H groups in total. The second-order valence-corrected chi connectivity index (χ2v) is 5.54. The van der Waals surface area contributed by atoms with Gasteiger partial charge in [0, 0.05) is 30.7 Å². The third-order valence-electron chi connectivity index (χ3n) is 4.32. The van der Waals surface area contributed by atoms with Gasteiger partial charge in [0.1, 0.15) is 0 Å². The van der Waals surface area contributed by atoms with E-state index in [2.05, 4.69) is 44.8 Å². The normalized spacial score (nSPS) is 26.2.